The predicted molar refractivity (Wildman–Crippen MR) is 90.4 cm³/mol. The molecule has 0 fully saturated rings. The summed E-state index contributed by atoms with van der Waals surface area (Å²) in [5.74, 6) is 0.213. The Morgan fingerprint density at radius 1 is 0.952 bits per heavy atom. The summed E-state index contributed by atoms with van der Waals surface area (Å²) >= 11 is 0. The molecule has 0 aromatic rings. The molecular weight excluding hydrogens is 264 g/mol. The summed E-state index contributed by atoms with van der Waals surface area (Å²) in [6, 6.07) is 0. The molecule has 0 bridgehead atoms. The Kier molecular flexibility index (Phi) is 9.83. The number of carbonyl (C=O) groups excluding carboxylic acids is 1. The van der Waals surface area contributed by atoms with Crippen molar-refractivity contribution in [3.8, 4) is 0 Å². The van der Waals surface area contributed by atoms with Gasteiger partial charge in [-0.15, -0.1) is 0 Å². The number of hydrogen-bond donors (Lipinski definition) is 1. The molecule has 0 aliphatic carbocycles. The molecule has 0 aliphatic heterocycles. The van der Waals surface area contributed by atoms with Gasteiger partial charge in [0.1, 0.15) is 0 Å². The van der Waals surface area contributed by atoms with Gasteiger partial charge in [0.05, 0.1) is 5.41 Å². The van der Waals surface area contributed by atoms with Crippen molar-refractivity contribution < 1.29 is 4.79 Å². The third kappa shape index (κ3) is 7.79. The molecule has 1 amide bonds. The van der Waals surface area contributed by atoms with E-state index in [2.05, 4.69) is 38.0 Å². The van der Waals surface area contributed by atoms with Gasteiger partial charge in [-0.3, -0.25) is 4.79 Å². The van der Waals surface area contributed by atoms with Crippen LogP contribution in [0.1, 0.15) is 33.1 Å². The quantitative estimate of drug-likeness (QED) is 0.621. The highest BCUT2D eigenvalue weighted by Gasteiger charge is 2.33. The van der Waals surface area contributed by atoms with E-state index in [-0.39, 0.29) is 5.91 Å². The third-order valence-electron chi connectivity index (χ3n) is 4.10. The van der Waals surface area contributed by atoms with Crippen molar-refractivity contribution in [1.29, 1.82) is 0 Å². The zero-order chi connectivity index (χ0) is 16.5. The summed E-state index contributed by atoms with van der Waals surface area (Å²) in [4.78, 5) is 19.1. The van der Waals surface area contributed by atoms with E-state index in [0.29, 0.717) is 6.54 Å². The van der Waals surface area contributed by atoms with Crippen LogP contribution in [0.15, 0.2) is 0 Å². The summed E-state index contributed by atoms with van der Waals surface area (Å²) < 4.78 is 0. The Hall–Kier alpha value is -0.650. The van der Waals surface area contributed by atoms with Crippen molar-refractivity contribution >= 4 is 5.91 Å². The van der Waals surface area contributed by atoms with E-state index in [4.69, 9.17) is 5.73 Å². The molecule has 1 unspecified atom stereocenters. The minimum atomic E-state index is -0.420. The highest BCUT2D eigenvalue weighted by Crippen LogP contribution is 2.23. The van der Waals surface area contributed by atoms with E-state index in [0.717, 1.165) is 45.4 Å². The molecule has 0 aromatic heterocycles. The molecule has 5 heteroatoms. The standard InChI is InChI=1S/C16H36N4O/c1-7-16(2,14-17)15(21)20(12-8-10-18(3)4)13-9-11-19(5)6/h7-14,17H2,1-6H3. The van der Waals surface area contributed by atoms with Crippen LogP contribution < -0.4 is 5.73 Å². The zero-order valence-electron chi connectivity index (χ0n) is 15.0. The van der Waals surface area contributed by atoms with Gasteiger partial charge >= 0.3 is 0 Å². The van der Waals surface area contributed by atoms with Crippen LogP contribution in [0.2, 0.25) is 0 Å². The maximum atomic E-state index is 12.8. The first kappa shape index (κ1) is 20.3. The maximum absolute atomic E-state index is 12.8. The summed E-state index contributed by atoms with van der Waals surface area (Å²) in [6.45, 7) is 8.09. The van der Waals surface area contributed by atoms with E-state index in [9.17, 15) is 4.79 Å². The number of rotatable bonds is 11. The normalized spacial score (nSPS) is 14.5. The molecule has 0 saturated heterocycles. The molecule has 0 saturated carbocycles. The second-order valence-corrected chi connectivity index (χ2v) is 6.72. The average molecular weight is 300 g/mol. The molecule has 21 heavy (non-hydrogen) atoms. The molecule has 5 nitrogen and oxygen atoms in total. The largest absolute Gasteiger partial charge is 0.342 e. The van der Waals surface area contributed by atoms with E-state index in [1.165, 1.54) is 0 Å². The first-order valence-corrected chi connectivity index (χ1v) is 8.05. The van der Waals surface area contributed by atoms with E-state index >= 15 is 0 Å². The molecule has 0 radical (unpaired) electrons. The molecule has 2 N–H and O–H groups in total. The molecule has 126 valence electrons. The molecule has 0 heterocycles. The third-order valence-corrected chi connectivity index (χ3v) is 4.10. The SMILES string of the molecule is CCC(C)(CN)C(=O)N(CCCN(C)C)CCCN(C)C. The van der Waals surface area contributed by atoms with Gasteiger partial charge in [-0.05, 0) is 67.5 Å². The van der Waals surface area contributed by atoms with Crippen molar-refractivity contribution in [2.75, 3.05) is 60.9 Å². The highest BCUT2D eigenvalue weighted by atomic mass is 16.2. The van der Waals surface area contributed by atoms with Gasteiger partial charge in [0.15, 0.2) is 0 Å². The van der Waals surface area contributed by atoms with Gasteiger partial charge in [-0.25, -0.2) is 0 Å². The monoisotopic (exact) mass is 300 g/mol. The Balaban J connectivity index is 4.64. The van der Waals surface area contributed by atoms with Crippen molar-refractivity contribution in [1.82, 2.24) is 14.7 Å². The average Bonchev–Trinajstić information content (AvgIpc) is 2.43. The predicted octanol–water partition coefficient (Wildman–Crippen LogP) is 1.09. The minimum absolute atomic E-state index is 0.213. The summed E-state index contributed by atoms with van der Waals surface area (Å²) in [6.07, 6.45) is 2.80. The van der Waals surface area contributed by atoms with Crippen LogP contribution in [0, 0.1) is 5.41 Å². The van der Waals surface area contributed by atoms with Crippen LogP contribution in [0.25, 0.3) is 0 Å². The molecular formula is C16H36N4O. The van der Waals surface area contributed by atoms with Crippen LogP contribution in [-0.2, 0) is 4.79 Å². The van der Waals surface area contributed by atoms with Crippen LogP contribution in [-0.4, -0.2) is 81.5 Å². The number of nitrogens with zero attached hydrogens (tertiary/aromatic N) is 3. The van der Waals surface area contributed by atoms with E-state index in [1.54, 1.807) is 0 Å². The van der Waals surface area contributed by atoms with Gasteiger partial charge in [-0.1, -0.05) is 6.92 Å². The van der Waals surface area contributed by atoms with Crippen molar-refractivity contribution in [3.63, 3.8) is 0 Å². The zero-order valence-corrected chi connectivity index (χ0v) is 15.0. The van der Waals surface area contributed by atoms with E-state index in [1.807, 2.05) is 18.7 Å². The van der Waals surface area contributed by atoms with Crippen molar-refractivity contribution in [3.05, 3.63) is 0 Å². The molecule has 0 spiro atoms. The fourth-order valence-electron chi connectivity index (χ4n) is 2.24. The van der Waals surface area contributed by atoms with Gasteiger partial charge in [0, 0.05) is 19.6 Å². The molecule has 0 aromatic carbocycles. The highest BCUT2D eigenvalue weighted by molar-refractivity contribution is 5.82. The van der Waals surface area contributed by atoms with Gasteiger partial charge in [0.25, 0.3) is 0 Å². The molecule has 0 aliphatic rings. The van der Waals surface area contributed by atoms with Crippen LogP contribution in [0.3, 0.4) is 0 Å². The fourth-order valence-corrected chi connectivity index (χ4v) is 2.24. The number of nitrogens with two attached hydrogens (primary N) is 1. The van der Waals surface area contributed by atoms with Crippen LogP contribution in [0.4, 0.5) is 0 Å². The van der Waals surface area contributed by atoms with Gasteiger partial charge in [-0.2, -0.15) is 0 Å². The second kappa shape index (κ2) is 10.1. The Bertz CT molecular complexity index is 274. The van der Waals surface area contributed by atoms with Gasteiger partial charge < -0.3 is 20.4 Å². The minimum Gasteiger partial charge on any atom is -0.342 e. The first-order chi connectivity index (χ1) is 9.76. The van der Waals surface area contributed by atoms with Crippen molar-refractivity contribution in [2.45, 2.75) is 33.1 Å². The molecule has 0 rings (SSSR count). The van der Waals surface area contributed by atoms with Crippen LogP contribution >= 0.6 is 0 Å². The van der Waals surface area contributed by atoms with Gasteiger partial charge in [0.2, 0.25) is 5.91 Å². The molecule has 1 atom stereocenters. The lowest BCUT2D eigenvalue weighted by Gasteiger charge is -2.33. The lowest BCUT2D eigenvalue weighted by atomic mass is 9.86. The number of amides is 1. The topological polar surface area (TPSA) is 52.8 Å². The first-order valence-electron chi connectivity index (χ1n) is 8.05. The fraction of sp³-hybridized carbons (Fsp3) is 0.938. The lowest BCUT2D eigenvalue weighted by molar-refractivity contribution is -0.141. The Labute approximate surface area is 131 Å². The Morgan fingerprint density at radius 2 is 1.38 bits per heavy atom. The Morgan fingerprint density at radius 3 is 1.67 bits per heavy atom. The smallest absolute Gasteiger partial charge is 0.229 e. The summed E-state index contributed by atoms with van der Waals surface area (Å²) in [7, 11) is 8.25. The number of hydrogen-bond acceptors (Lipinski definition) is 4. The van der Waals surface area contributed by atoms with Crippen molar-refractivity contribution in [2.24, 2.45) is 11.1 Å². The summed E-state index contributed by atoms with van der Waals surface area (Å²) in [5, 5.41) is 0. The lowest BCUT2D eigenvalue weighted by Crippen LogP contribution is -2.47. The summed E-state index contributed by atoms with van der Waals surface area (Å²) in [5.41, 5.74) is 5.43. The number of carbonyl (C=O) groups is 1. The van der Waals surface area contributed by atoms with E-state index < -0.39 is 5.41 Å². The van der Waals surface area contributed by atoms with Crippen LogP contribution in [0.5, 0.6) is 0 Å². The second-order valence-electron chi connectivity index (χ2n) is 6.72. The maximum Gasteiger partial charge on any atom is 0.229 e.